The molecule has 0 aliphatic heterocycles. The molecular weight excluding hydrogens is 213 g/mol. The molecule has 1 aromatic heterocycles. The highest BCUT2D eigenvalue weighted by Crippen LogP contribution is 2.31. The van der Waals surface area contributed by atoms with Gasteiger partial charge in [0.25, 0.3) is 0 Å². The van der Waals surface area contributed by atoms with Gasteiger partial charge in [-0.15, -0.1) is 11.3 Å². The lowest BCUT2D eigenvalue weighted by Crippen LogP contribution is -2.39. The predicted octanol–water partition coefficient (Wildman–Crippen LogP) is 3.07. The van der Waals surface area contributed by atoms with Gasteiger partial charge in [-0.3, -0.25) is 0 Å². The van der Waals surface area contributed by atoms with E-state index in [4.69, 9.17) is 5.11 Å². The first kappa shape index (κ1) is 11.3. The van der Waals surface area contributed by atoms with Crippen LogP contribution in [-0.4, -0.2) is 16.9 Å². The summed E-state index contributed by atoms with van der Waals surface area (Å²) in [7, 11) is 0. The van der Waals surface area contributed by atoms with E-state index in [-0.39, 0.29) is 0 Å². The molecule has 1 unspecified atom stereocenters. The lowest BCUT2D eigenvalue weighted by atomic mass is 10.1. The summed E-state index contributed by atoms with van der Waals surface area (Å²) >= 11 is 1.31. The standard InChI is InChI=1S/C9H9F3OS/c1-8(13,9(10,11)12)5-4-7-3-2-6-14-7/h2-6,13H,1H3/b5-4+. The fourth-order valence-electron chi connectivity index (χ4n) is 0.725. The summed E-state index contributed by atoms with van der Waals surface area (Å²) in [4.78, 5) is 0.675. The Labute approximate surface area is 83.5 Å². The third kappa shape index (κ3) is 2.59. The average molecular weight is 222 g/mol. The van der Waals surface area contributed by atoms with Crippen molar-refractivity contribution < 1.29 is 18.3 Å². The first-order chi connectivity index (χ1) is 6.33. The van der Waals surface area contributed by atoms with Gasteiger partial charge < -0.3 is 5.11 Å². The van der Waals surface area contributed by atoms with Crippen molar-refractivity contribution in [1.82, 2.24) is 0 Å². The maximum atomic E-state index is 12.2. The van der Waals surface area contributed by atoms with Crippen molar-refractivity contribution in [3.63, 3.8) is 0 Å². The zero-order valence-electron chi connectivity index (χ0n) is 7.38. The second-order valence-corrected chi connectivity index (χ2v) is 3.97. The van der Waals surface area contributed by atoms with E-state index >= 15 is 0 Å². The quantitative estimate of drug-likeness (QED) is 0.815. The molecule has 0 aliphatic rings. The molecule has 0 saturated heterocycles. The van der Waals surface area contributed by atoms with Crippen molar-refractivity contribution in [1.29, 1.82) is 0 Å². The van der Waals surface area contributed by atoms with Gasteiger partial charge in [-0.1, -0.05) is 6.07 Å². The average Bonchev–Trinajstić information content (AvgIpc) is 2.50. The van der Waals surface area contributed by atoms with Crippen molar-refractivity contribution in [2.24, 2.45) is 0 Å². The molecule has 1 rings (SSSR count). The summed E-state index contributed by atoms with van der Waals surface area (Å²) in [6, 6.07) is 3.40. The Bertz CT molecular complexity index is 311. The molecule has 0 bridgehead atoms. The number of hydrogen-bond acceptors (Lipinski definition) is 2. The minimum atomic E-state index is -4.64. The lowest BCUT2D eigenvalue weighted by molar-refractivity contribution is -0.232. The minimum Gasteiger partial charge on any atom is -0.377 e. The summed E-state index contributed by atoms with van der Waals surface area (Å²) < 4.78 is 36.5. The Hall–Kier alpha value is -0.810. The second kappa shape index (κ2) is 3.74. The molecule has 0 aliphatic carbocycles. The monoisotopic (exact) mass is 222 g/mol. The van der Waals surface area contributed by atoms with Gasteiger partial charge in [0.15, 0.2) is 5.60 Å². The van der Waals surface area contributed by atoms with Crippen molar-refractivity contribution in [2.45, 2.75) is 18.7 Å². The fraction of sp³-hybridized carbons (Fsp3) is 0.333. The van der Waals surface area contributed by atoms with Crippen LogP contribution in [0.15, 0.2) is 23.6 Å². The highest BCUT2D eigenvalue weighted by atomic mass is 32.1. The van der Waals surface area contributed by atoms with Crippen molar-refractivity contribution in [3.8, 4) is 0 Å². The molecule has 78 valence electrons. The van der Waals surface area contributed by atoms with Crippen LogP contribution >= 0.6 is 11.3 Å². The van der Waals surface area contributed by atoms with Crippen LogP contribution in [0.2, 0.25) is 0 Å². The van der Waals surface area contributed by atoms with E-state index in [2.05, 4.69) is 0 Å². The van der Waals surface area contributed by atoms with E-state index in [1.807, 2.05) is 0 Å². The summed E-state index contributed by atoms with van der Waals surface area (Å²) in [5, 5.41) is 10.8. The largest absolute Gasteiger partial charge is 0.420 e. The molecule has 1 heterocycles. The SMILES string of the molecule is CC(O)(/C=C/c1cccs1)C(F)(F)F. The highest BCUT2D eigenvalue weighted by Gasteiger charge is 2.47. The van der Waals surface area contributed by atoms with Gasteiger partial charge in [0.2, 0.25) is 0 Å². The first-order valence-electron chi connectivity index (χ1n) is 3.85. The third-order valence-corrected chi connectivity index (χ3v) is 2.53. The molecule has 0 fully saturated rings. The smallest absolute Gasteiger partial charge is 0.377 e. The van der Waals surface area contributed by atoms with Crippen molar-refractivity contribution >= 4 is 17.4 Å². The van der Waals surface area contributed by atoms with Crippen LogP contribution in [0, 0.1) is 0 Å². The zero-order valence-corrected chi connectivity index (χ0v) is 8.19. The Balaban J connectivity index is 2.78. The zero-order chi connectivity index (χ0) is 10.8. The van der Waals surface area contributed by atoms with Gasteiger partial charge in [0, 0.05) is 4.88 Å². The molecule has 0 radical (unpaired) electrons. The Morgan fingerprint density at radius 1 is 1.43 bits per heavy atom. The minimum absolute atomic E-state index is 0.675. The van der Waals surface area contributed by atoms with Crippen LogP contribution in [0.4, 0.5) is 13.2 Å². The van der Waals surface area contributed by atoms with E-state index < -0.39 is 11.8 Å². The fourth-order valence-corrected chi connectivity index (χ4v) is 1.34. The number of alkyl halides is 3. The van der Waals surface area contributed by atoms with Crippen LogP contribution in [0.25, 0.3) is 6.08 Å². The molecule has 14 heavy (non-hydrogen) atoms. The van der Waals surface area contributed by atoms with Crippen molar-refractivity contribution in [2.75, 3.05) is 0 Å². The summed E-state index contributed by atoms with van der Waals surface area (Å²) in [6.45, 7) is 0.719. The van der Waals surface area contributed by atoms with Crippen LogP contribution in [-0.2, 0) is 0 Å². The van der Waals surface area contributed by atoms with E-state index in [0.29, 0.717) is 4.88 Å². The number of aliphatic hydroxyl groups is 1. The van der Waals surface area contributed by atoms with Gasteiger partial charge in [0.1, 0.15) is 0 Å². The lowest BCUT2D eigenvalue weighted by Gasteiger charge is -2.22. The molecule has 1 aromatic rings. The first-order valence-corrected chi connectivity index (χ1v) is 4.73. The number of hydrogen-bond donors (Lipinski definition) is 1. The molecule has 0 saturated carbocycles. The van der Waals surface area contributed by atoms with Crippen LogP contribution in [0.1, 0.15) is 11.8 Å². The van der Waals surface area contributed by atoms with Gasteiger partial charge in [-0.25, -0.2) is 0 Å². The van der Waals surface area contributed by atoms with E-state index in [9.17, 15) is 13.2 Å². The summed E-state index contributed by atoms with van der Waals surface area (Å²) in [5.41, 5.74) is -2.77. The maximum Gasteiger partial charge on any atom is 0.420 e. The van der Waals surface area contributed by atoms with Gasteiger partial charge >= 0.3 is 6.18 Å². The predicted molar refractivity (Wildman–Crippen MR) is 50.0 cm³/mol. The van der Waals surface area contributed by atoms with E-state index in [1.54, 1.807) is 17.5 Å². The van der Waals surface area contributed by atoms with E-state index in [1.165, 1.54) is 17.4 Å². The Kier molecular flexibility index (Phi) is 3.01. The summed E-state index contributed by atoms with van der Waals surface area (Å²) in [5.74, 6) is 0. The normalized spacial score (nSPS) is 17.2. The van der Waals surface area contributed by atoms with Gasteiger partial charge in [-0.05, 0) is 30.5 Å². The molecule has 1 atom stereocenters. The maximum absolute atomic E-state index is 12.2. The second-order valence-electron chi connectivity index (χ2n) is 2.99. The van der Waals surface area contributed by atoms with Crippen LogP contribution < -0.4 is 0 Å². The number of rotatable bonds is 2. The molecule has 0 spiro atoms. The summed E-state index contributed by atoms with van der Waals surface area (Å²) in [6.07, 6.45) is -2.63. The molecule has 5 heteroatoms. The number of thiophene rings is 1. The molecule has 0 aromatic carbocycles. The highest BCUT2D eigenvalue weighted by molar-refractivity contribution is 7.10. The van der Waals surface area contributed by atoms with Gasteiger partial charge in [-0.2, -0.15) is 13.2 Å². The third-order valence-electron chi connectivity index (χ3n) is 1.69. The molecule has 0 amide bonds. The topological polar surface area (TPSA) is 20.2 Å². The Morgan fingerprint density at radius 2 is 2.07 bits per heavy atom. The Morgan fingerprint density at radius 3 is 2.50 bits per heavy atom. The van der Waals surface area contributed by atoms with Crippen LogP contribution in [0.3, 0.4) is 0 Å². The van der Waals surface area contributed by atoms with Crippen LogP contribution in [0.5, 0.6) is 0 Å². The van der Waals surface area contributed by atoms with E-state index in [0.717, 1.165) is 13.0 Å². The number of halogens is 3. The molecule has 1 nitrogen and oxygen atoms in total. The molecule has 1 N–H and O–H groups in total. The van der Waals surface area contributed by atoms with Crippen molar-refractivity contribution in [3.05, 3.63) is 28.5 Å². The van der Waals surface area contributed by atoms with Gasteiger partial charge in [0.05, 0.1) is 0 Å². The molecular formula is C9H9F3OS.